The summed E-state index contributed by atoms with van der Waals surface area (Å²) >= 11 is 0. The molecule has 1 aliphatic heterocycles. The molecule has 2 N–H and O–H groups in total. The summed E-state index contributed by atoms with van der Waals surface area (Å²) in [6, 6.07) is 16.2. The van der Waals surface area contributed by atoms with E-state index < -0.39 is 0 Å². The molecule has 22 heavy (non-hydrogen) atoms. The van der Waals surface area contributed by atoms with Crippen LogP contribution in [0.5, 0.6) is 11.5 Å². The smallest absolute Gasteiger partial charge is 0.128 e. The van der Waals surface area contributed by atoms with E-state index in [0.717, 1.165) is 24.6 Å². The third-order valence-electron chi connectivity index (χ3n) is 4.44. The van der Waals surface area contributed by atoms with Crippen LogP contribution in [0, 0.1) is 0 Å². The lowest BCUT2D eigenvalue weighted by Crippen LogP contribution is -2.26. The maximum absolute atomic E-state index is 5.97. The SMILES string of the molecule is c1ccc(Oc2ccc3[nH]cc(C4CCNCC4)c3c2)cc1. The third kappa shape index (κ3) is 2.60. The average molecular weight is 292 g/mol. The highest BCUT2D eigenvalue weighted by Crippen LogP contribution is 2.34. The van der Waals surface area contributed by atoms with Crippen molar-refractivity contribution in [3.63, 3.8) is 0 Å². The molecule has 4 rings (SSSR count). The summed E-state index contributed by atoms with van der Waals surface area (Å²) in [5.41, 5.74) is 2.61. The number of hydrogen-bond acceptors (Lipinski definition) is 2. The van der Waals surface area contributed by atoms with Crippen molar-refractivity contribution in [3.05, 3.63) is 60.3 Å². The first-order chi connectivity index (χ1) is 10.9. The zero-order valence-electron chi connectivity index (χ0n) is 12.5. The predicted molar refractivity (Wildman–Crippen MR) is 89.7 cm³/mol. The Balaban J connectivity index is 1.67. The number of piperidine rings is 1. The minimum absolute atomic E-state index is 0.641. The highest BCUT2D eigenvalue weighted by Gasteiger charge is 2.18. The van der Waals surface area contributed by atoms with Crippen LogP contribution in [0.4, 0.5) is 0 Å². The number of fused-ring (bicyclic) bond motifs is 1. The van der Waals surface area contributed by atoms with E-state index in [0.29, 0.717) is 5.92 Å². The molecule has 0 bridgehead atoms. The number of aromatic nitrogens is 1. The summed E-state index contributed by atoms with van der Waals surface area (Å²) in [5, 5.41) is 4.73. The Kier molecular flexibility index (Phi) is 3.57. The normalized spacial score (nSPS) is 16.0. The lowest BCUT2D eigenvalue weighted by atomic mass is 9.90. The van der Waals surface area contributed by atoms with Crippen LogP contribution in [-0.2, 0) is 0 Å². The summed E-state index contributed by atoms with van der Waals surface area (Å²) in [5.74, 6) is 2.41. The zero-order valence-corrected chi connectivity index (χ0v) is 12.5. The fourth-order valence-corrected chi connectivity index (χ4v) is 3.28. The molecule has 112 valence electrons. The second-order valence-electron chi connectivity index (χ2n) is 5.89. The number of benzene rings is 2. The van der Waals surface area contributed by atoms with Crippen LogP contribution < -0.4 is 10.1 Å². The highest BCUT2D eigenvalue weighted by atomic mass is 16.5. The van der Waals surface area contributed by atoms with E-state index in [2.05, 4.69) is 28.6 Å². The first-order valence-corrected chi connectivity index (χ1v) is 7.95. The Labute approximate surface area is 130 Å². The maximum Gasteiger partial charge on any atom is 0.128 e. The van der Waals surface area contributed by atoms with Gasteiger partial charge in [0.15, 0.2) is 0 Å². The molecule has 0 spiro atoms. The molecule has 0 saturated carbocycles. The van der Waals surface area contributed by atoms with Crippen LogP contribution in [0.2, 0.25) is 0 Å². The van der Waals surface area contributed by atoms with Gasteiger partial charge < -0.3 is 15.0 Å². The second kappa shape index (κ2) is 5.85. The van der Waals surface area contributed by atoms with Crippen LogP contribution in [0.1, 0.15) is 24.3 Å². The Morgan fingerprint density at radius 3 is 2.55 bits per heavy atom. The van der Waals surface area contributed by atoms with Gasteiger partial charge in [0.2, 0.25) is 0 Å². The molecule has 1 saturated heterocycles. The maximum atomic E-state index is 5.97. The van der Waals surface area contributed by atoms with Crippen molar-refractivity contribution in [1.82, 2.24) is 10.3 Å². The van der Waals surface area contributed by atoms with Crippen LogP contribution in [-0.4, -0.2) is 18.1 Å². The van der Waals surface area contributed by atoms with Crippen molar-refractivity contribution in [2.45, 2.75) is 18.8 Å². The molecule has 3 heteroatoms. The van der Waals surface area contributed by atoms with Gasteiger partial charge in [0.05, 0.1) is 0 Å². The molecule has 0 amide bonds. The van der Waals surface area contributed by atoms with E-state index in [4.69, 9.17) is 4.74 Å². The average Bonchev–Trinajstić information content (AvgIpc) is 3.00. The van der Waals surface area contributed by atoms with Crippen molar-refractivity contribution in [3.8, 4) is 11.5 Å². The second-order valence-corrected chi connectivity index (χ2v) is 5.89. The van der Waals surface area contributed by atoms with Crippen LogP contribution in [0.15, 0.2) is 54.7 Å². The van der Waals surface area contributed by atoms with Gasteiger partial charge >= 0.3 is 0 Å². The minimum Gasteiger partial charge on any atom is -0.457 e. The van der Waals surface area contributed by atoms with Gasteiger partial charge in [-0.05, 0) is 67.7 Å². The van der Waals surface area contributed by atoms with E-state index in [1.54, 1.807) is 0 Å². The zero-order chi connectivity index (χ0) is 14.8. The lowest BCUT2D eigenvalue weighted by Gasteiger charge is -2.22. The minimum atomic E-state index is 0.641. The number of aromatic amines is 1. The topological polar surface area (TPSA) is 37.0 Å². The molecule has 0 atom stereocenters. The lowest BCUT2D eigenvalue weighted by molar-refractivity contribution is 0.462. The first kappa shape index (κ1) is 13.4. The largest absolute Gasteiger partial charge is 0.457 e. The van der Waals surface area contributed by atoms with Gasteiger partial charge in [-0.1, -0.05) is 18.2 Å². The summed E-state index contributed by atoms with van der Waals surface area (Å²) in [7, 11) is 0. The third-order valence-corrected chi connectivity index (χ3v) is 4.44. The molecule has 3 nitrogen and oxygen atoms in total. The number of hydrogen-bond donors (Lipinski definition) is 2. The van der Waals surface area contributed by atoms with Gasteiger partial charge in [0, 0.05) is 17.1 Å². The van der Waals surface area contributed by atoms with Crippen molar-refractivity contribution >= 4 is 10.9 Å². The van der Waals surface area contributed by atoms with Gasteiger partial charge in [-0.25, -0.2) is 0 Å². The van der Waals surface area contributed by atoms with Crippen LogP contribution in [0.25, 0.3) is 10.9 Å². The fraction of sp³-hybridized carbons (Fsp3) is 0.263. The molecule has 0 aliphatic carbocycles. The summed E-state index contributed by atoms with van der Waals surface area (Å²) in [6.45, 7) is 2.22. The first-order valence-electron chi connectivity index (χ1n) is 7.95. The summed E-state index contributed by atoms with van der Waals surface area (Å²) in [4.78, 5) is 3.40. The molecule has 3 aromatic rings. The van der Waals surface area contributed by atoms with E-state index >= 15 is 0 Å². The van der Waals surface area contributed by atoms with Crippen LogP contribution >= 0.6 is 0 Å². The van der Waals surface area contributed by atoms with Gasteiger partial charge in [0.25, 0.3) is 0 Å². The van der Waals surface area contributed by atoms with Gasteiger partial charge in [0.1, 0.15) is 11.5 Å². The van der Waals surface area contributed by atoms with Crippen LogP contribution in [0.3, 0.4) is 0 Å². The molecule has 1 fully saturated rings. The fourth-order valence-electron chi connectivity index (χ4n) is 3.28. The van der Waals surface area contributed by atoms with Crippen molar-refractivity contribution in [2.75, 3.05) is 13.1 Å². The number of ether oxygens (including phenoxy) is 1. The number of rotatable bonds is 3. The molecule has 1 aromatic heterocycles. The Morgan fingerprint density at radius 1 is 0.909 bits per heavy atom. The van der Waals surface area contributed by atoms with Gasteiger partial charge in [-0.15, -0.1) is 0 Å². The summed E-state index contributed by atoms with van der Waals surface area (Å²) < 4.78 is 5.97. The molecule has 1 aliphatic rings. The number of H-pyrrole nitrogens is 1. The Bertz CT molecular complexity index is 757. The number of nitrogens with one attached hydrogen (secondary N) is 2. The molecular weight excluding hydrogens is 272 g/mol. The Morgan fingerprint density at radius 2 is 1.73 bits per heavy atom. The van der Waals surface area contributed by atoms with E-state index in [-0.39, 0.29) is 0 Å². The molecule has 2 aromatic carbocycles. The highest BCUT2D eigenvalue weighted by molar-refractivity contribution is 5.85. The van der Waals surface area contributed by atoms with Crippen molar-refractivity contribution in [2.24, 2.45) is 0 Å². The standard InChI is InChI=1S/C19H20N2O/c1-2-4-15(5-3-1)22-16-6-7-19-17(12-16)18(13-21-19)14-8-10-20-11-9-14/h1-7,12-14,20-21H,8-11H2. The number of para-hydroxylation sites is 1. The van der Waals surface area contributed by atoms with Crippen molar-refractivity contribution < 1.29 is 4.74 Å². The summed E-state index contributed by atoms with van der Waals surface area (Å²) in [6.07, 6.45) is 4.58. The quantitative estimate of drug-likeness (QED) is 0.749. The van der Waals surface area contributed by atoms with E-state index in [9.17, 15) is 0 Å². The molecule has 0 radical (unpaired) electrons. The Hall–Kier alpha value is -2.26. The van der Waals surface area contributed by atoms with Gasteiger partial charge in [-0.3, -0.25) is 0 Å². The van der Waals surface area contributed by atoms with E-state index in [1.807, 2.05) is 36.4 Å². The molecule has 0 unspecified atom stereocenters. The monoisotopic (exact) mass is 292 g/mol. The van der Waals surface area contributed by atoms with Gasteiger partial charge in [-0.2, -0.15) is 0 Å². The molecular formula is C19H20N2O. The predicted octanol–water partition coefficient (Wildman–Crippen LogP) is 4.43. The van der Waals surface area contributed by atoms with Crippen molar-refractivity contribution in [1.29, 1.82) is 0 Å². The molecule has 2 heterocycles. The van der Waals surface area contributed by atoms with E-state index in [1.165, 1.54) is 29.3 Å².